The molecular formula is C11H20NO. The minimum absolute atomic E-state index is 0.0836. The molecule has 1 atom stereocenters. The molecule has 0 aliphatic carbocycles. The molecular weight excluding hydrogens is 162 g/mol. The third kappa shape index (κ3) is 3.47. The first-order valence-corrected chi connectivity index (χ1v) is 5.50. The van der Waals surface area contributed by atoms with Crippen LogP contribution in [0.2, 0.25) is 0 Å². The summed E-state index contributed by atoms with van der Waals surface area (Å²) >= 11 is 0. The maximum absolute atomic E-state index is 10.7. The molecule has 0 aromatic carbocycles. The molecule has 1 aliphatic heterocycles. The highest BCUT2D eigenvalue weighted by molar-refractivity contribution is 5.58. The Kier molecular flexibility index (Phi) is 5.06. The lowest BCUT2D eigenvalue weighted by atomic mass is 10.1. The quantitative estimate of drug-likeness (QED) is 0.649. The van der Waals surface area contributed by atoms with Gasteiger partial charge in [0.05, 0.1) is 6.04 Å². The fraction of sp³-hybridized carbons (Fsp3) is 0.909. The number of hydrogen-bond donors (Lipinski definition) is 0. The fourth-order valence-corrected chi connectivity index (χ4v) is 1.94. The number of hydrogen-bond acceptors (Lipinski definition) is 2. The van der Waals surface area contributed by atoms with Crippen LogP contribution in [0.5, 0.6) is 0 Å². The minimum atomic E-state index is 0.0836. The van der Waals surface area contributed by atoms with Crippen molar-refractivity contribution in [1.29, 1.82) is 0 Å². The maximum atomic E-state index is 10.7. The second-order valence-corrected chi connectivity index (χ2v) is 3.87. The second-order valence-electron chi connectivity index (χ2n) is 3.87. The Hall–Kier alpha value is -0.370. The van der Waals surface area contributed by atoms with Crippen LogP contribution >= 0.6 is 0 Å². The molecule has 1 fully saturated rings. The predicted octanol–water partition coefficient (Wildman–Crippen LogP) is 2.14. The zero-order valence-corrected chi connectivity index (χ0v) is 8.59. The van der Waals surface area contributed by atoms with Crippen LogP contribution in [-0.4, -0.2) is 30.3 Å². The van der Waals surface area contributed by atoms with Crippen LogP contribution in [0, 0.1) is 0 Å². The molecule has 2 heteroatoms. The molecule has 0 aromatic heterocycles. The normalized spacial score (nSPS) is 21.3. The van der Waals surface area contributed by atoms with Crippen LogP contribution in [0.15, 0.2) is 0 Å². The van der Waals surface area contributed by atoms with Gasteiger partial charge in [0.25, 0.3) is 0 Å². The van der Waals surface area contributed by atoms with Crippen molar-refractivity contribution in [3.63, 3.8) is 0 Å². The van der Waals surface area contributed by atoms with Gasteiger partial charge < -0.3 is 0 Å². The second kappa shape index (κ2) is 6.14. The molecule has 0 N–H and O–H groups in total. The standard InChI is InChI=1S/C11H20NO/c1-2-3-7-11(10-13)12-8-5-4-6-9-12/h11H,2-9H2,1H3. The van der Waals surface area contributed by atoms with E-state index in [2.05, 4.69) is 18.1 Å². The molecule has 1 aliphatic rings. The zero-order valence-electron chi connectivity index (χ0n) is 8.59. The number of nitrogens with zero attached hydrogens (tertiary/aromatic N) is 1. The summed E-state index contributed by atoms with van der Waals surface area (Å²) < 4.78 is 0. The number of unbranched alkanes of at least 4 members (excludes halogenated alkanes) is 1. The van der Waals surface area contributed by atoms with E-state index in [0.29, 0.717) is 0 Å². The molecule has 2 nitrogen and oxygen atoms in total. The van der Waals surface area contributed by atoms with E-state index >= 15 is 0 Å². The Morgan fingerprint density at radius 3 is 2.54 bits per heavy atom. The molecule has 0 amide bonds. The van der Waals surface area contributed by atoms with E-state index in [1.54, 1.807) is 0 Å². The Morgan fingerprint density at radius 1 is 1.31 bits per heavy atom. The molecule has 1 unspecified atom stereocenters. The smallest absolute Gasteiger partial charge is 0.217 e. The van der Waals surface area contributed by atoms with Gasteiger partial charge in [-0.1, -0.05) is 26.2 Å². The zero-order chi connectivity index (χ0) is 9.52. The lowest BCUT2D eigenvalue weighted by Gasteiger charge is -2.30. The predicted molar refractivity (Wildman–Crippen MR) is 54.4 cm³/mol. The van der Waals surface area contributed by atoms with E-state index in [9.17, 15) is 4.79 Å². The van der Waals surface area contributed by atoms with Gasteiger partial charge in [0.2, 0.25) is 6.29 Å². The summed E-state index contributed by atoms with van der Waals surface area (Å²) in [6.07, 6.45) is 9.34. The van der Waals surface area contributed by atoms with Gasteiger partial charge in [0.15, 0.2) is 0 Å². The molecule has 75 valence electrons. The van der Waals surface area contributed by atoms with Crippen molar-refractivity contribution in [2.45, 2.75) is 51.5 Å². The van der Waals surface area contributed by atoms with Crippen LogP contribution in [0.25, 0.3) is 0 Å². The lowest BCUT2D eigenvalue weighted by molar-refractivity contribution is 0.189. The van der Waals surface area contributed by atoms with Gasteiger partial charge in [-0.25, -0.2) is 0 Å². The molecule has 0 bridgehead atoms. The first kappa shape index (κ1) is 10.7. The number of rotatable bonds is 5. The van der Waals surface area contributed by atoms with Crippen LogP contribution in [0.4, 0.5) is 0 Å². The van der Waals surface area contributed by atoms with Crippen molar-refractivity contribution in [2.24, 2.45) is 0 Å². The Bertz CT molecular complexity index is 141. The Morgan fingerprint density at radius 2 is 2.00 bits per heavy atom. The van der Waals surface area contributed by atoms with E-state index < -0.39 is 0 Å². The third-order valence-corrected chi connectivity index (χ3v) is 2.80. The van der Waals surface area contributed by atoms with E-state index in [1.807, 2.05) is 0 Å². The summed E-state index contributed by atoms with van der Waals surface area (Å²) in [5, 5.41) is 0. The van der Waals surface area contributed by atoms with Gasteiger partial charge >= 0.3 is 0 Å². The van der Waals surface area contributed by atoms with E-state index in [-0.39, 0.29) is 6.04 Å². The third-order valence-electron chi connectivity index (χ3n) is 2.80. The van der Waals surface area contributed by atoms with E-state index in [4.69, 9.17) is 0 Å². The van der Waals surface area contributed by atoms with Crippen molar-refractivity contribution < 1.29 is 4.79 Å². The molecule has 1 saturated heterocycles. The first-order chi connectivity index (χ1) is 6.38. The fourth-order valence-electron chi connectivity index (χ4n) is 1.94. The number of piperidine rings is 1. The van der Waals surface area contributed by atoms with Crippen LogP contribution in [0.3, 0.4) is 0 Å². The van der Waals surface area contributed by atoms with Crippen LogP contribution < -0.4 is 0 Å². The molecule has 13 heavy (non-hydrogen) atoms. The average molecular weight is 182 g/mol. The van der Waals surface area contributed by atoms with Crippen molar-refractivity contribution in [1.82, 2.24) is 4.90 Å². The average Bonchev–Trinajstić information content (AvgIpc) is 2.21. The highest BCUT2D eigenvalue weighted by Crippen LogP contribution is 2.14. The van der Waals surface area contributed by atoms with Gasteiger partial charge in [-0.15, -0.1) is 0 Å². The topological polar surface area (TPSA) is 20.3 Å². The summed E-state index contributed by atoms with van der Waals surface area (Å²) in [7, 11) is 0. The van der Waals surface area contributed by atoms with Gasteiger partial charge in [0.1, 0.15) is 0 Å². The van der Waals surface area contributed by atoms with E-state index in [1.165, 1.54) is 25.7 Å². The highest BCUT2D eigenvalue weighted by Gasteiger charge is 2.19. The SMILES string of the molecule is CCCCC([C]=O)N1CCCCC1. The van der Waals surface area contributed by atoms with Crippen LogP contribution in [0.1, 0.15) is 45.4 Å². The monoisotopic (exact) mass is 182 g/mol. The first-order valence-electron chi connectivity index (χ1n) is 5.50. The molecule has 1 rings (SSSR count). The van der Waals surface area contributed by atoms with Crippen molar-refractivity contribution in [3.05, 3.63) is 0 Å². The number of carbonyl (C=O) groups excluding carboxylic acids is 1. The molecule has 0 spiro atoms. The lowest BCUT2D eigenvalue weighted by Crippen LogP contribution is -2.40. The summed E-state index contributed by atoms with van der Waals surface area (Å²) in [6.45, 7) is 4.37. The number of likely N-dealkylation sites (tertiary alicyclic amines) is 1. The van der Waals surface area contributed by atoms with Gasteiger partial charge in [0, 0.05) is 0 Å². The largest absolute Gasteiger partial charge is 0.293 e. The molecule has 1 radical (unpaired) electrons. The van der Waals surface area contributed by atoms with Crippen molar-refractivity contribution >= 4 is 6.29 Å². The van der Waals surface area contributed by atoms with Crippen molar-refractivity contribution in [2.75, 3.05) is 13.1 Å². The molecule has 0 saturated carbocycles. The maximum Gasteiger partial charge on any atom is 0.217 e. The van der Waals surface area contributed by atoms with Gasteiger partial charge in [-0.05, 0) is 32.4 Å². The Labute approximate surface area is 81.3 Å². The summed E-state index contributed by atoms with van der Waals surface area (Å²) in [5.74, 6) is 0. The van der Waals surface area contributed by atoms with Crippen LogP contribution in [-0.2, 0) is 4.79 Å². The minimum Gasteiger partial charge on any atom is -0.293 e. The summed E-state index contributed by atoms with van der Waals surface area (Å²) in [5.41, 5.74) is 0. The van der Waals surface area contributed by atoms with Gasteiger partial charge in [-0.2, -0.15) is 0 Å². The van der Waals surface area contributed by atoms with Crippen molar-refractivity contribution in [3.8, 4) is 0 Å². The van der Waals surface area contributed by atoms with E-state index in [0.717, 1.165) is 25.9 Å². The highest BCUT2D eigenvalue weighted by atomic mass is 16.1. The molecule has 0 aromatic rings. The van der Waals surface area contributed by atoms with Gasteiger partial charge in [-0.3, -0.25) is 9.69 Å². The summed E-state index contributed by atoms with van der Waals surface area (Å²) in [6, 6.07) is 0.0836. The Balaban J connectivity index is 2.30. The molecule has 1 heterocycles. The summed E-state index contributed by atoms with van der Waals surface area (Å²) in [4.78, 5) is 13.0.